The van der Waals surface area contributed by atoms with Gasteiger partial charge in [-0.2, -0.15) is 11.8 Å². The first-order valence-corrected chi connectivity index (χ1v) is 10.2. The van der Waals surface area contributed by atoms with Crippen molar-refractivity contribution >= 4 is 28.2 Å². The monoisotopic (exact) mass is 329 g/mol. The largest absolute Gasteiger partial charge is 0.347 e. The van der Waals surface area contributed by atoms with Gasteiger partial charge >= 0.3 is 0 Å². The molecule has 0 radical (unpaired) electrons. The fourth-order valence-electron chi connectivity index (χ4n) is 2.24. The van der Waals surface area contributed by atoms with Gasteiger partial charge in [0, 0.05) is 36.3 Å². The highest BCUT2D eigenvalue weighted by atomic mass is 32.2. The van der Waals surface area contributed by atoms with E-state index >= 15 is 0 Å². The molecule has 0 aromatic carbocycles. The number of thioether (sulfide) groups is 1. The van der Waals surface area contributed by atoms with Gasteiger partial charge in [0.1, 0.15) is 0 Å². The third kappa shape index (κ3) is 5.80. The Bertz CT molecular complexity index is 404. The first-order chi connectivity index (χ1) is 10.0. The van der Waals surface area contributed by atoms with Crippen LogP contribution in [-0.2, 0) is 13.0 Å². The van der Waals surface area contributed by atoms with Crippen molar-refractivity contribution in [2.45, 2.75) is 65.6 Å². The molecule has 1 aromatic rings. The van der Waals surface area contributed by atoms with Crippen molar-refractivity contribution in [3.05, 3.63) is 10.6 Å². The van der Waals surface area contributed by atoms with E-state index in [2.05, 4.69) is 51.2 Å². The van der Waals surface area contributed by atoms with Crippen LogP contribution in [-0.4, -0.2) is 36.1 Å². The fourth-order valence-corrected chi connectivity index (χ4v) is 4.17. The lowest BCUT2D eigenvalue weighted by Gasteiger charge is -2.26. The van der Waals surface area contributed by atoms with Crippen LogP contribution in [0, 0.1) is 0 Å². The molecule has 1 heterocycles. The van der Waals surface area contributed by atoms with Gasteiger partial charge in [-0.15, -0.1) is 11.3 Å². The Morgan fingerprint density at radius 2 is 2.05 bits per heavy atom. The van der Waals surface area contributed by atoms with Crippen LogP contribution in [0.4, 0.5) is 5.13 Å². The van der Waals surface area contributed by atoms with Gasteiger partial charge in [0.15, 0.2) is 5.13 Å². The molecule has 0 amide bonds. The number of aryl methyl sites for hydroxylation is 1. The molecule has 122 valence electrons. The number of rotatable bonds is 10. The lowest BCUT2D eigenvalue weighted by molar-refractivity contribution is 0.589. The van der Waals surface area contributed by atoms with Gasteiger partial charge in [-0.25, -0.2) is 4.98 Å². The molecule has 0 aliphatic heterocycles. The standard InChI is InChI=1S/C16H31N3S2/c1-7-9-14-15(10-17-12(3)4)21-16(18-14)19(5)13(8-2)11-20-6/h12-13,17H,7-11H2,1-6H3. The molecule has 0 aliphatic rings. The Hall–Kier alpha value is -0.260. The Balaban J connectivity index is 2.88. The molecule has 0 spiro atoms. The Kier molecular flexibility index (Phi) is 8.67. The van der Waals surface area contributed by atoms with Crippen LogP contribution in [0.1, 0.15) is 51.1 Å². The number of thiazole rings is 1. The summed E-state index contributed by atoms with van der Waals surface area (Å²) in [5.41, 5.74) is 1.29. The van der Waals surface area contributed by atoms with Gasteiger partial charge < -0.3 is 10.2 Å². The molecule has 5 heteroatoms. The predicted octanol–water partition coefficient (Wildman–Crippen LogP) is 4.17. The average Bonchev–Trinajstić information content (AvgIpc) is 2.85. The third-order valence-corrected chi connectivity index (χ3v) is 5.51. The molecule has 1 aromatic heterocycles. The molecule has 1 atom stereocenters. The second-order valence-electron chi connectivity index (χ2n) is 5.78. The number of hydrogen-bond acceptors (Lipinski definition) is 5. The molecule has 1 N–H and O–H groups in total. The molecule has 0 saturated carbocycles. The number of aromatic nitrogens is 1. The molecule has 0 bridgehead atoms. The van der Waals surface area contributed by atoms with Gasteiger partial charge in [-0.05, 0) is 19.1 Å². The first kappa shape index (κ1) is 18.8. The summed E-state index contributed by atoms with van der Waals surface area (Å²) in [5, 5.41) is 4.71. The fraction of sp³-hybridized carbons (Fsp3) is 0.812. The Labute approximate surface area is 138 Å². The molecule has 21 heavy (non-hydrogen) atoms. The molecular formula is C16H31N3S2. The van der Waals surface area contributed by atoms with Gasteiger partial charge in [-0.3, -0.25) is 0 Å². The Morgan fingerprint density at radius 3 is 2.57 bits per heavy atom. The summed E-state index contributed by atoms with van der Waals surface area (Å²) in [6.07, 6.45) is 5.58. The second kappa shape index (κ2) is 9.70. The first-order valence-electron chi connectivity index (χ1n) is 7.97. The molecular weight excluding hydrogens is 298 g/mol. The summed E-state index contributed by atoms with van der Waals surface area (Å²) in [7, 11) is 2.19. The van der Waals surface area contributed by atoms with Gasteiger partial charge in [0.05, 0.1) is 5.69 Å². The van der Waals surface area contributed by atoms with E-state index in [1.165, 1.54) is 22.1 Å². The van der Waals surface area contributed by atoms with Gasteiger partial charge in [0.25, 0.3) is 0 Å². The molecule has 1 unspecified atom stereocenters. The van der Waals surface area contributed by atoms with E-state index in [1.807, 2.05) is 23.1 Å². The maximum Gasteiger partial charge on any atom is 0.185 e. The zero-order valence-corrected chi connectivity index (χ0v) is 16.0. The van der Waals surface area contributed by atoms with E-state index in [0.717, 1.165) is 25.1 Å². The maximum atomic E-state index is 4.92. The van der Waals surface area contributed by atoms with Gasteiger partial charge in [0.2, 0.25) is 0 Å². The summed E-state index contributed by atoms with van der Waals surface area (Å²) in [4.78, 5) is 8.71. The quantitative estimate of drug-likeness (QED) is 0.697. The highest BCUT2D eigenvalue weighted by Gasteiger charge is 2.18. The number of nitrogens with one attached hydrogen (secondary N) is 1. The summed E-state index contributed by atoms with van der Waals surface area (Å²) in [6, 6.07) is 1.09. The van der Waals surface area contributed by atoms with E-state index in [0.29, 0.717) is 12.1 Å². The zero-order valence-electron chi connectivity index (χ0n) is 14.4. The van der Waals surface area contributed by atoms with E-state index in [9.17, 15) is 0 Å². The topological polar surface area (TPSA) is 28.2 Å². The number of nitrogens with zero attached hydrogens (tertiary/aromatic N) is 2. The Morgan fingerprint density at radius 1 is 1.33 bits per heavy atom. The number of hydrogen-bond donors (Lipinski definition) is 1. The van der Waals surface area contributed by atoms with Crippen molar-refractivity contribution in [2.24, 2.45) is 0 Å². The molecule has 0 fully saturated rings. The zero-order chi connectivity index (χ0) is 15.8. The maximum absolute atomic E-state index is 4.92. The smallest absolute Gasteiger partial charge is 0.185 e. The van der Waals surface area contributed by atoms with Crippen molar-refractivity contribution in [1.82, 2.24) is 10.3 Å². The lowest BCUT2D eigenvalue weighted by atomic mass is 10.2. The van der Waals surface area contributed by atoms with Crippen LogP contribution >= 0.6 is 23.1 Å². The van der Waals surface area contributed by atoms with Crippen molar-refractivity contribution in [3.8, 4) is 0 Å². The summed E-state index contributed by atoms with van der Waals surface area (Å²) in [5.74, 6) is 1.16. The molecule has 1 rings (SSSR count). The van der Waals surface area contributed by atoms with Gasteiger partial charge in [-0.1, -0.05) is 34.1 Å². The van der Waals surface area contributed by atoms with Crippen LogP contribution < -0.4 is 10.2 Å². The van der Waals surface area contributed by atoms with Crippen molar-refractivity contribution in [2.75, 3.05) is 24.0 Å². The SMILES string of the molecule is CCCc1nc(N(C)C(CC)CSC)sc1CNC(C)C. The van der Waals surface area contributed by atoms with E-state index in [1.54, 1.807) is 0 Å². The van der Waals surface area contributed by atoms with Crippen molar-refractivity contribution < 1.29 is 0 Å². The minimum Gasteiger partial charge on any atom is -0.347 e. The summed E-state index contributed by atoms with van der Waals surface area (Å²) < 4.78 is 0. The minimum atomic E-state index is 0.516. The predicted molar refractivity (Wildman–Crippen MR) is 98.9 cm³/mol. The molecule has 0 saturated heterocycles. The van der Waals surface area contributed by atoms with Crippen LogP contribution in [0.15, 0.2) is 0 Å². The summed E-state index contributed by atoms with van der Waals surface area (Å²) in [6.45, 7) is 9.82. The minimum absolute atomic E-state index is 0.516. The summed E-state index contributed by atoms with van der Waals surface area (Å²) >= 11 is 3.78. The lowest BCUT2D eigenvalue weighted by Crippen LogP contribution is -2.33. The van der Waals surface area contributed by atoms with E-state index in [4.69, 9.17) is 4.98 Å². The van der Waals surface area contributed by atoms with Crippen LogP contribution in [0.25, 0.3) is 0 Å². The average molecular weight is 330 g/mol. The molecule has 3 nitrogen and oxygen atoms in total. The second-order valence-corrected chi connectivity index (χ2v) is 7.75. The van der Waals surface area contributed by atoms with Crippen molar-refractivity contribution in [3.63, 3.8) is 0 Å². The van der Waals surface area contributed by atoms with Crippen LogP contribution in [0.3, 0.4) is 0 Å². The number of anilines is 1. The van der Waals surface area contributed by atoms with Crippen LogP contribution in [0.2, 0.25) is 0 Å². The third-order valence-electron chi connectivity index (χ3n) is 3.60. The molecule has 0 aliphatic carbocycles. The highest BCUT2D eigenvalue weighted by Crippen LogP contribution is 2.29. The van der Waals surface area contributed by atoms with Crippen molar-refractivity contribution in [1.29, 1.82) is 0 Å². The van der Waals surface area contributed by atoms with E-state index in [-0.39, 0.29) is 0 Å². The highest BCUT2D eigenvalue weighted by molar-refractivity contribution is 7.98. The normalized spacial score (nSPS) is 12.9. The van der Waals surface area contributed by atoms with Crippen LogP contribution in [0.5, 0.6) is 0 Å². The van der Waals surface area contributed by atoms with E-state index < -0.39 is 0 Å².